The SMILES string of the molecule is CCOc1cc2ncnc(Nc3ccc(Oc4ccc(F)cc4)cc3)c2cc1NC(=O)/C=C/CN(C)C.O. The topological polar surface area (TPSA) is 120 Å². The molecular weight excluding hydrogens is 489 g/mol. The van der Waals surface area contributed by atoms with Gasteiger partial charge in [-0.3, -0.25) is 4.79 Å². The average molecular weight is 520 g/mol. The highest BCUT2D eigenvalue weighted by molar-refractivity contribution is 6.03. The second-order valence-corrected chi connectivity index (χ2v) is 8.38. The zero-order chi connectivity index (χ0) is 26.2. The van der Waals surface area contributed by atoms with E-state index in [9.17, 15) is 9.18 Å². The van der Waals surface area contributed by atoms with Gasteiger partial charge in [0, 0.05) is 29.8 Å². The van der Waals surface area contributed by atoms with Crippen LogP contribution in [0, 0.1) is 5.82 Å². The predicted octanol–water partition coefficient (Wildman–Crippen LogP) is 4.94. The van der Waals surface area contributed by atoms with E-state index in [0.717, 1.165) is 5.69 Å². The number of hydrogen-bond acceptors (Lipinski definition) is 7. The molecule has 0 aliphatic carbocycles. The van der Waals surface area contributed by atoms with Gasteiger partial charge in [0.25, 0.3) is 0 Å². The van der Waals surface area contributed by atoms with E-state index in [2.05, 4.69) is 20.6 Å². The van der Waals surface area contributed by atoms with Gasteiger partial charge < -0.3 is 30.5 Å². The maximum Gasteiger partial charge on any atom is 0.248 e. The molecule has 0 radical (unpaired) electrons. The minimum Gasteiger partial charge on any atom is -0.492 e. The number of carbonyl (C=O) groups excluding carboxylic acids is 1. The van der Waals surface area contributed by atoms with Gasteiger partial charge in [0.1, 0.15) is 35.2 Å². The van der Waals surface area contributed by atoms with E-state index >= 15 is 0 Å². The van der Waals surface area contributed by atoms with Crippen LogP contribution in [0.15, 0.2) is 79.1 Å². The van der Waals surface area contributed by atoms with Gasteiger partial charge in [-0.1, -0.05) is 6.08 Å². The minimum atomic E-state index is -0.319. The lowest BCUT2D eigenvalue weighted by molar-refractivity contribution is -0.111. The van der Waals surface area contributed by atoms with Crippen molar-refractivity contribution in [2.45, 2.75) is 6.92 Å². The van der Waals surface area contributed by atoms with Crippen LogP contribution in [0.3, 0.4) is 0 Å². The van der Waals surface area contributed by atoms with Crippen LogP contribution in [-0.2, 0) is 4.79 Å². The van der Waals surface area contributed by atoms with Gasteiger partial charge in [0.05, 0.1) is 17.8 Å². The summed E-state index contributed by atoms with van der Waals surface area (Å²) in [6.07, 6.45) is 4.75. The molecule has 0 bridgehead atoms. The maximum atomic E-state index is 13.1. The zero-order valence-corrected chi connectivity index (χ0v) is 21.4. The first-order valence-corrected chi connectivity index (χ1v) is 11.8. The average Bonchev–Trinajstić information content (AvgIpc) is 2.87. The standard InChI is InChI=1S/C28H28FN5O3.H2O/c1-4-36-26-17-24-23(16-25(26)33-27(35)6-5-15-34(2)3)28(31-18-30-24)32-20-9-13-22(14-10-20)37-21-11-7-19(29)8-12-21;/h5-14,16-18H,4,15H2,1-3H3,(H,33,35)(H,30,31,32);1H2/b6-5+;. The second kappa shape index (κ2) is 13.1. The molecular formula is C28H30FN5O4. The molecule has 3 aromatic carbocycles. The monoisotopic (exact) mass is 519 g/mol. The molecule has 9 nitrogen and oxygen atoms in total. The summed E-state index contributed by atoms with van der Waals surface area (Å²) in [5, 5.41) is 6.90. The molecule has 0 saturated carbocycles. The summed E-state index contributed by atoms with van der Waals surface area (Å²) in [5.74, 6) is 1.67. The summed E-state index contributed by atoms with van der Waals surface area (Å²) < 4.78 is 24.6. The molecule has 4 N–H and O–H groups in total. The number of carbonyl (C=O) groups is 1. The van der Waals surface area contributed by atoms with Crippen LogP contribution in [0.4, 0.5) is 21.6 Å². The van der Waals surface area contributed by atoms with Crippen molar-refractivity contribution in [2.24, 2.45) is 0 Å². The number of ether oxygens (including phenoxy) is 2. The van der Waals surface area contributed by atoms with Gasteiger partial charge in [-0.05, 0) is 75.6 Å². The molecule has 38 heavy (non-hydrogen) atoms. The molecule has 1 aromatic heterocycles. The summed E-state index contributed by atoms with van der Waals surface area (Å²) in [4.78, 5) is 23.2. The lowest BCUT2D eigenvalue weighted by Crippen LogP contribution is -2.13. The molecule has 0 aliphatic heterocycles. The molecule has 1 amide bonds. The van der Waals surface area contributed by atoms with Crippen LogP contribution in [0.5, 0.6) is 17.2 Å². The molecule has 0 fully saturated rings. The molecule has 0 unspecified atom stereocenters. The van der Waals surface area contributed by atoms with E-state index in [0.29, 0.717) is 52.8 Å². The van der Waals surface area contributed by atoms with Crippen molar-refractivity contribution in [3.05, 3.63) is 85.0 Å². The van der Waals surface area contributed by atoms with Crippen LogP contribution >= 0.6 is 0 Å². The Morgan fingerprint density at radius 3 is 2.37 bits per heavy atom. The Morgan fingerprint density at radius 2 is 1.71 bits per heavy atom. The maximum absolute atomic E-state index is 13.1. The van der Waals surface area contributed by atoms with E-state index in [1.807, 2.05) is 38.1 Å². The largest absolute Gasteiger partial charge is 0.492 e. The van der Waals surface area contributed by atoms with Crippen LogP contribution < -0.4 is 20.1 Å². The summed E-state index contributed by atoms with van der Waals surface area (Å²) in [6, 6.07) is 16.7. The first-order chi connectivity index (χ1) is 17.9. The zero-order valence-electron chi connectivity index (χ0n) is 21.4. The number of hydrogen-bond donors (Lipinski definition) is 2. The van der Waals surface area contributed by atoms with Gasteiger partial charge in [0.2, 0.25) is 5.91 Å². The number of aromatic nitrogens is 2. The molecule has 4 rings (SSSR count). The highest BCUT2D eigenvalue weighted by atomic mass is 19.1. The summed E-state index contributed by atoms with van der Waals surface area (Å²) in [7, 11) is 3.86. The van der Waals surface area contributed by atoms with Crippen molar-refractivity contribution >= 4 is 34.0 Å². The van der Waals surface area contributed by atoms with Crippen molar-refractivity contribution in [1.82, 2.24) is 14.9 Å². The molecule has 0 spiro atoms. The normalized spacial score (nSPS) is 10.9. The van der Waals surface area contributed by atoms with Crippen LogP contribution in [0.25, 0.3) is 10.9 Å². The number of nitrogens with one attached hydrogen (secondary N) is 2. The molecule has 0 aliphatic rings. The van der Waals surface area contributed by atoms with Crippen molar-refractivity contribution in [1.29, 1.82) is 0 Å². The van der Waals surface area contributed by atoms with Gasteiger partial charge in [0.15, 0.2) is 0 Å². The number of benzene rings is 3. The predicted molar refractivity (Wildman–Crippen MR) is 147 cm³/mol. The van der Waals surface area contributed by atoms with Gasteiger partial charge in [-0.15, -0.1) is 0 Å². The van der Waals surface area contributed by atoms with Crippen LogP contribution in [0.1, 0.15) is 6.92 Å². The van der Waals surface area contributed by atoms with Crippen LogP contribution in [-0.4, -0.2) is 53.5 Å². The fraction of sp³-hybridized carbons (Fsp3) is 0.179. The Bertz CT molecular complexity index is 1390. The van der Waals surface area contributed by atoms with Gasteiger partial charge in [-0.25, -0.2) is 14.4 Å². The van der Waals surface area contributed by atoms with E-state index in [-0.39, 0.29) is 17.2 Å². The first kappa shape index (κ1) is 28.0. The van der Waals surface area contributed by atoms with E-state index < -0.39 is 0 Å². The molecule has 0 atom stereocenters. The van der Waals surface area contributed by atoms with E-state index in [1.165, 1.54) is 24.5 Å². The van der Waals surface area contributed by atoms with Gasteiger partial charge >= 0.3 is 0 Å². The highest BCUT2D eigenvalue weighted by Crippen LogP contribution is 2.34. The third kappa shape index (κ3) is 7.48. The number of amides is 1. The number of fused-ring (bicyclic) bond motifs is 1. The summed E-state index contributed by atoms with van der Waals surface area (Å²) >= 11 is 0. The summed E-state index contributed by atoms with van der Waals surface area (Å²) in [5.41, 5.74) is 1.96. The number of halogens is 1. The number of rotatable bonds is 10. The fourth-order valence-electron chi connectivity index (χ4n) is 3.48. The quantitative estimate of drug-likeness (QED) is 0.285. The summed E-state index contributed by atoms with van der Waals surface area (Å²) in [6.45, 7) is 2.97. The Balaban J connectivity index is 0.00000400. The van der Waals surface area contributed by atoms with Crippen LogP contribution in [0.2, 0.25) is 0 Å². The van der Waals surface area contributed by atoms with Crippen molar-refractivity contribution < 1.29 is 24.1 Å². The Morgan fingerprint density at radius 1 is 1.03 bits per heavy atom. The number of anilines is 3. The number of likely N-dealkylation sites (N-methyl/N-ethyl adjacent to an activating group) is 1. The Labute approximate surface area is 220 Å². The molecule has 198 valence electrons. The van der Waals surface area contributed by atoms with E-state index in [4.69, 9.17) is 9.47 Å². The van der Waals surface area contributed by atoms with Crippen molar-refractivity contribution in [3.8, 4) is 17.2 Å². The van der Waals surface area contributed by atoms with Crippen molar-refractivity contribution in [3.63, 3.8) is 0 Å². The Kier molecular flexibility index (Phi) is 9.69. The molecule has 4 aromatic rings. The molecule has 0 saturated heterocycles. The third-order valence-corrected chi connectivity index (χ3v) is 5.20. The highest BCUT2D eigenvalue weighted by Gasteiger charge is 2.13. The number of nitrogens with zero attached hydrogens (tertiary/aromatic N) is 3. The first-order valence-electron chi connectivity index (χ1n) is 11.8. The van der Waals surface area contributed by atoms with Crippen molar-refractivity contribution in [2.75, 3.05) is 37.9 Å². The molecule has 1 heterocycles. The van der Waals surface area contributed by atoms with E-state index in [1.54, 1.807) is 42.5 Å². The fourth-order valence-corrected chi connectivity index (χ4v) is 3.48. The lowest BCUT2D eigenvalue weighted by atomic mass is 10.1. The smallest absolute Gasteiger partial charge is 0.248 e. The second-order valence-electron chi connectivity index (χ2n) is 8.38. The lowest BCUT2D eigenvalue weighted by Gasteiger charge is -2.14. The third-order valence-electron chi connectivity index (χ3n) is 5.20. The van der Waals surface area contributed by atoms with Gasteiger partial charge in [-0.2, -0.15) is 0 Å². The minimum absolute atomic E-state index is 0. The Hall–Kier alpha value is -4.54. The molecule has 10 heteroatoms.